The van der Waals surface area contributed by atoms with Gasteiger partial charge in [0.2, 0.25) is 5.91 Å². The van der Waals surface area contributed by atoms with Crippen LogP contribution in [0.5, 0.6) is 0 Å². The molecule has 4 N–H and O–H groups in total. The van der Waals surface area contributed by atoms with Crippen molar-refractivity contribution in [2.45, 2.75) is 75.8 Å². The maximum absolute atomic E-state index is 13.7. The first-order chi connectivity index (χ1) is 19.0. The van der Waals surface area contributed by atoms with Gasteiger partial charge in [0.05, 0.1) is 11.6 Å². The Bertz CT molecular complexity index is 1120. The number of benzene rings is 1. The van der Waals surface area contributed by atoms with Crippen LogP contribution in [0.25, 0.3) is 6.08 Å². The van der Waals surface area contributed by atoms with Gasteiger partial charge in [-0.05, 0) is 73.6 Å². The number of ether oxygens (including phenoxy) is 2. The van der Waals surface area contributed by atoms with Gasteiger partial charge in [0, 0.05) is 49.9 Å². The van der Waals surface area contributed by atoms with Crippen LogP contribution in [-0.2, 0) is 24.5 Å². The fourth-order valence-corrected chi connectivity index (χ4v) is 6.40. The highest BCUT2D eigenvalue weighted by atomic mass is 16.5. The van der Waals surface area contributed by atoms with Crippen LogP contribution in [-0.4, -0.2) is 56.5 Å². The lowest BCUT2D eigenvalue weighted by atomic mass is 9.76. The van der Waals surface area contributed by atoms with Gasteiger partial charge in [-0.1, -0.05) is 38.0 Å². The van der Waals surface area contributed by atoms with Gasteiger partial charge in [0.15, 0.2) is 0 Å². The number of aliphatic imine (C=N–C) groups is 1. The monoisotopic (exact) mass is 534 g/mol. The minimum Gasteiger partial charge on any atom is -0.404 e. The molecule has 8 heteroatoms. The summed E-state index contributed by atoms with van der Waals surface area (Å²) in [5.41, 5.74) is 9.32. The van der Waals surface area contributed by atoms with E-state index in [9.17, 15) is 9.59 Å². The second kappa shape index (κ2) is 12.5. The van der Waals surface area contributed by atoms with Crippen molar-refractivity contribution in [3.8, 4) is 0 Å². The third-order valence-corrected chi connectivity index (χ3v) is 8.98. The molecule has 0 aromatic heterocycles. The molecular formula is C31H42N4O4. The van der Waals surface area contributed by atoms with Crippen LogP contribution in [0.15, 0.2) is 41.0 Å². The molecule has 2 heterocycles. The molecule has 0 bridgehead atoms. The van der Waals surface area contributed by atoms with E-state index in [2.05, 4.69) is 40.8 Å². The molecule has 2 aliphatic carbocycles. The van der Waals surface area contributed by atoms with E-state index in [-0.39, 0.29) is 34.8 Å². The molecule has 1 aromatic rings. The fourth-order valence-electron chi connectivity index (χ4n) is 6.40. The maximum atomic E-state index is 13.7. The lowest BCUT2D eigenvalue weighted by Gasteiger charge is -2.33. The van der Waals surface area contributed by atoms with Gasteiger partial charge in [0.1, 0.15) is 6.04 Å². The van der Waals surface area contributed by atoms with Crippen molar-refractivity contribution < 1.29 is 19.1 Å². The molecule has 5 rings (SSSR count). The average molecular weight is 535 g/mol. The topological polar surface area (TPSA) is 115 Å². The maximum Gasteiger partial charge on any atom is 0.254 e. The van der Waals surface area contributed by atoms with Crippen molar-refractivity contribution in [3.05, 3.63) is 47.2 Å². The highest BCUT2D eigenvalue weighted by molar-refractivity contribution is 6.13. The number of anilines is 1. The average Bonchev–Trinajstić information content (AvgIpc) is 3.30. The van der Waals surface area contributed by atoms with Crippen molar-refractivity contribution in [3.63, 3.8) is 0 Å². The SMILES string of the molecule is CC1CCC(C(NC(=O)/C(C=NC2CCOCC2)=C/N)C(=O)Nc2ccc3c(c2)C=CC32CCOCC2)CC1. The first-order valence-electron chi connectivity index (χ1n) is 14.5. The number of nitrogens with two attached hydrogens (primary N) is 1. The summed E-state index contributed by atoms with van der Waals surface area (Å²) in [4.78, 5) is 31.5. The molecule has 0 radical (unpaired) electrons. The smallest absolute Gasteiger partial charge is 0.254 e. The fraction of sp³-hybridized carbons (Fsp3) is 0.581. The van der Waals surface area contributed by atoms with Gasteiger partial charge in [-0.3, -0.25) is 14.6 Å². The number of allylic oxidation sites excluding steroid dienone is 1. The van der Waals surface area contributed by atoms with E-state index in [0.29, 0.717) is 19.1 Å². The van der Waals surface area contributed by atoms with Crippen LogP contribution >= 0.6 is 0 Å². The molecule has 39 heavy (non-hydrogen) atoms. The first-order valence-corrected chi connectivity index (χ1v) is 14.5. The van der Waals surface area contributed by atoms with E-state index in [1.54, 1.807) is 6.21 Å². The number of carbonyl (C=O) groups is 2. The van der Waals surface area contributed by atoms with Crippen molar-refractivity contribution >= 4 is 29.8 Å². The van der Waals surface area contributed by atoms with E-state index in [4.69, 9.17) is 15.2 Å². The van der Waals surface area contributed by atoms with Crippen LogP contribution < -0.4 is 16.4 Å². The van der Waals surface area contributed by atoms with E-state index in [0.717, 1.165) is 75.8 Å². The quantitative estimate of drug-likeness (QED) is 0.360. The van der Waals surface area contributed by atoms with Crippen molar-refractivity contribution in [2.24, 2.45) is 22.6 Å². The minimum atomic E-state index is -0.651. The van der Waals surface area contributed by atoms with Crippen LogP contribution in [0.1, 0.15) is 69.4 Å². The van der Waals surface area contributed by atoms with E-state index in [1.165, 1.54) is 11.8 Å². The molecule has 2 aliphatic heterocycles. The highest BCUT2D eigenvalue weighted by Gasteiger charge is 2.37. The largest absolute Gasteiger partial charge is 0.404 e. The number of hydrogen-bond donors (Lipinski definition) is 3. The predicted molar refractivity (Wildman–Crippen MR) is 153 cm³/mol. The van der Waals surface area contributed by atoms with Gasteiger partial charge >= 0.3 is 0 Å². The number of nitrogens with zero attached hydrogens (tertiary/aromatic N) is 1. The predicted octanol–water partition coefficient (Wildman–Crippen LogP) is 4.10. The summed E-state index contributed by atoms with van der Waals surface area (Å²) in [6.07, 6.45) is 14.8. The van der Waals surface area contributed by atoms with Crippen molar-refractivity contribution in [1.29, 1.82) is 0 Å². The molecule has 4 aliphatic rings. The van der Waals surface area contributed by atoms with Gasteiger partial charge in [-0.25, -0.2) is 0 Å². The molecule has 1 aromatic carbocycles. The molecule has 1 unspecified atom stereocenters. The zero-order valence-corrected chi connectivity index (χ0v) is 23.0. The molecule has 8 nitrogen and oxygen atoms in total. The third-order valence-electron chi connectivity index (χ3n) is 8.98. The molecule has 2 saturated heterocycles. The summed E-state index contributed by atoms with van der Waals surface area (Å²) in [7, 11) is 0. The Kier molecular flexibility index (Phi) is 8.82. The number of hydrogen-bond acceptors (Lipinski definition) is 6. The summed E-state index contributed by atoms with van der Waals surface area (Å²) in [5.74, 6) is 0.137. The number of amides is 2. The van der Waals surface area contributed by atoms with Gasteiger partial charge in [-0.2, -0.15) is 0 Å². The summed E-state index contributed by atoms with van der Waals surface area (Å²) in [6, 6.07) is 5.63. The summed E-state index contributed by atoms with van der Waals surface area (Å²) < 4.78 is 11.0. The Morgan fingerprint density at radius 2 is 1.77 bits per heavy atom. The second-order valence-corrected chi connectivity index (χ2v) is 11.6. The van der Waals surface area contributed by atoms with Crippen molar-refractivity contribution in [2.75, 3.05) is 31.7 Å². The summed E-state index contributed by atoms with van der Waals surface area (Å²) >= 11 is 0. The Labute approximate surface area is 231 Å². The summed E-state index contributed by atoms with van der Waals surface area (Å²) in [6.45, 7) is 5.12. The van der Waals surface area contributed by atoms with E-state index < -0.39 is 6.04 Å². The molecular weight excluding hydrogens is 492 g/mol. The molecule has 3 fully saturated rings. The Balaban J connectivity index is 1.29. The van der Waals surface area contributed by atoms with Crippen LogP contribution in [0.4, 0.5) is 5.69 Å². The third kappa shape index (κ3) is 6.44. The molecule has 1 saturated carbocycles. The number of carbonyl (C=O) groups excluding carboxylic acids is 2. The Hall–Kier alpha value is -2.97. The van der Waals surface area contributed by atoms with Crippen LogP contribution in [0.3, 0.4) is 0 Å². The number of nitrogens with one attached hydrogen (secondary N) is 2. The number of fused-ring (bicyclic) bond motifs is 2. The molecule has 2 amide bonds. The lowest BCUT2D eigenvalue weighted by Crippen LogP contribution is -2.50. The van der Waals surface area contributed by atoms with Crippen molar-refractivity contribution in [1.82, 2.24) is 5.32 Å². The summed E-state index contributed by atoms with van der Waals surface area (Å²) in [5, 5.41) is 6.12. The van der Waals surface area contributed by atoms with Gasteiger partial charge in [0.25, 0.3) is 5.91 Å². The van der Waals surface area contributed by atoms with Gasteiger partial charge < -0.3 is 25.8 Å². The second-order valence-electron chi connectivity index (χ2n) is 11.6. The van der Waals surface area contributed by atoms with Crippen LogP contribution in [0.2, 0.25) is 0 Å². The normalized spacial score (nSPS) is 25.9. The Morgan fingerprint density at radius 3 is 2.49 bits per heavy atom. The van der Waals surface area contributed by atoms with E-state index in [1.807, 2.05) is 12.1 Å². The van der Waals surface area contributed by atoms with Gasteiger partial charge in [-0.15, -0.1) is 0 Å². The first kappa shape index (κ1) is 27.6. The van der Waals surface area contributed by atoms with E-state index >= 15 is 0 Å². The minimum absolute atomic E-state index is 0.0442. The standard InChI is InChI=1S/C31H42N4O4/c1-21-2-4-22(5-3-21)28(35-29(36)24(19-32)20-33-25-9-14-38-15-10-25)30(37)34-26-6-7-27-23(18-26)8-11-31(27)12-16-39-17-13-31/h6-8,11,18-22,25,28H,2-5,9-10,12-17,32H2,1H3,(H,34,37)(H,35,36)/b24-19+,33-20?. The lowest BCUT2D eigenvalue weighted by molar-refractivity contribution is -0.125. The molecule has 210 valence electrons. The molecule has 1 spiro atoms. The zero-order chi connectivity index (χ0) is 27.2. The van der Waals surface area contributed by atoms with Crippen LogP contribution in [0, 0.1) is 11.8 Å². The zero-order valence-electron chi connectivity index (χ0n) is 23.0. The molecule has 1 atom stereocenters. The Morgan fingerprint density at radius 1 is 1.05 bits per heavy atom. The highest BCUT2D eigenvalue weighted by Crippen LogP contribution is 2.44. The number of rotatable bonds is 7.